The van der Waals surface area contributed by atoms with Gasteiger partial charge in [-0.25, -0.2) is 4.98 Å². The fraction of sp³-hybridized carbons (Fsp3) is 0.294. The number of hydrogen-bond donors (Lipinski definition) is 0. The van der Waals surface area contributed by atoms with Gasteiger partial charge >= 0.3 is 0 Å². The van der Waals surface area contributed by atoms with Gasteiger partial charge in [-0.2, -0.15) is 0 Å². The van der Waals surface area contributed by atoms with Crippen LogP contribution in [0.2, 0.25) is 0 Å². The van der Waals surface area contributed by atoms with Crippen molar-refractivity contribution in [3.63, 3.8) is 0 Å². The maximum Gasteiger partial charge on any atom is 0.273 e. The minimum atomic E-state index is -0.121. The largest absolute Gasteiger partial charge is 0.359 e. The second-order valence-electron chi connectivity index (χ2n) is 5.43. The van der Waals surface area contributed by atoms with Gasteiger partial charge < -0.3 is 9.42 Å². The molecule has 0 aliphatic rings. The molecule has 1 amide bonds. The fourth-order valence-corrected chi connectivity index (χ4v) is 3.14. The summed E-state index contributed by atoms with van der Waals surface area (Å²) in [6, 6.07) is 7.40. The summed E-state index contributed by atoms with van der Waals surface area (Å²) in [6.45, 7) is 2.43. The second kappa shape index (κ2) is 7.35. The lowest BCUT2D eigenvalue weighted by atomic mass is 10.2. The van der Waals surface area contributed by atoms with Crippen molar-refractivity contribution in [1.29, 1.82) is 0 Å². The van der Waals surface area contributed by atoms with E-state index in [1.54, 1.807) is 24.2 Å². The molecule has 6 nitrogen and oxygen atoms in total. The lowest BCUT2D eigenvalue weighted by Gasteiger charge is -2.13. The first-order valence-electron chi connectivity index (χ1n) is 7.74. The second-order valence-corrected chi connectivity index (χ2v) is 6.37. The standard InChI is InChI=1S/C17H18N4O2S/c1-3-6-16-19-15(11-24-16)17(22)21(2)10-12-9-14(20-23-12)13-7-4-5-8-18-13/h4-5,7-9,11H,3,6,10H2,1-2H3. The minimum absolute atomic E-state index is 0.121. The van der Waals surface area contributed by atoms with Crippen LogP contribution in [0.1, 0.15) is 34.6 Å². The maximum absolute atomic E-state index is 12.4. The number of thiazole rings is 1. The first kappa shape index (κ1) is 16.3. The molecule has 0 unspecified atom stereocenters. The van der Waals surface area contributed by atoms with E-state index in [4.69, 9.17) is 4.52 Å². The summed E-state index contributed by atoms with van der Waals surface area (Å²) in [5, 5.41) is 6.81. The van der Waals surface area contributed by atoms with Gasteiger partial charge in [0.05, 0.1) is 17.2 Å². The highest BCUT2D eigenvalue weighted by atomic mass is 32.1. The minimum Gasteiger partial charge on any atom is -0.359 e. The van der Waals surface area contributed by atoms with E-state index < -0.39 is 0 Å². The van der Waals surface area contributed by atoms with E-state index in [1.807, 2.05) is 23.6 Å². The Hall–Kier alpha value is -2.54. The van der Waals surface area contributed by atoms with Crippen LogP contribution in [0.15, 0.2) is 40.4 Å². The van der Waals surface area contributed by atoms with Gasteiger partial charge in [-0.05, 0) is 25.0 Å². The smallest absolute Gasteiger partial charge is 0.273 e. The van der Waals surface area contributed by atoms with E-state index in [2.05, 4.69) is 22.0 Å². The lowest BCUT2D eigenvalue weighted by molar-refractivity contribution is 0.0767. The zero-order valence-electron chi connectivity index (χ0n) is 13.6. The van der Waals surface area contributed by atoms with Gasteiger partial charge in [0.1, 0.15) is 11.4 Å². The quantitative estimate of drug-likeness (QED) is 0.686. The van der Waals surface area contributed by atoms with Crippen LogP contribution in [0, 0.1) is 0 Å². The molecule has 124 valence electrons. The Balaban J connectivity index is 1.67. The molecule has 24 heavy (non-hydrogen) atoms. The van der Waals surface area contributed by atoms with Crippen LogP contribution >= 0.6 is 11.3 Å². The third-order valence-corrected chi connectivity index (χ3v) is 4.37. The van der Waals surface area contributed by atoms with Crippen molar-refractivity contribution in [3.05, 3.63) is 52.3 Å². The van der Waals surface area contributed by atoms with Gasteiger partial charge in [-0.15, -0.1) is 11.3 Å². The monoisotopic (exact) mass is 342 g/mol. The van der Waals surface area contributed by atoms with Gasteiger partial charge in [-0.3, -0.25) is 9.78 Å². The molecule has 0 radical (unpaired) electrons. The molecular formula is C17H18N4O2S. The average molecular weight is 342 g/mol. The van der Waals surface area contributed by atoms with Crippen molar-refractivity contribution in [1.82, 2.24) is 20.0 Å². The van der Waals surface area contributed by atoms with E-state index in [1.165, 1.54) is 11.3 Å². The molecule has 0 fully saturated rings. The molecule has 0 aliphatic heterocycles. The van der Waals surface area contributed by atoms with Gasteiger partial charge in [0.15, 0.2) is 5.76 Å². The van der Waals surface area contributed by atoms with E-state index in [0.29, 0.717) is 23.7 Å². The van der Waals surface area contributed by atoms with E-state index >= 15 is 0 Å². The fourth-order valence-electron chi connectivity index (χ4n) is 2.26. The molecular weight excluding hydrogens is 324 g/mol. The number of aromatic nitrogens is 3. The van der Waals surface area contributed by atoms with Crippen molar-refractivity contribution in [2.45, 2.75) is 26.3 Å². The average Bonchev–Trinajstić information content (AvgIpc) is 3.25. The van der Waals surface area contributed by atoms with Gasteiger partial charge in [0, 0.05) is 24.7 Å². The highest BCUT2D eigenvalue weighted by molar-refractivity contribution is 7.09. The molecule has 0 aliphatic carbocycles. The molecule has 0 bridgehead atoms. The number of aryl methyl sites for hydroxylation is 1. The number of pyridine rings is 1. The molecule has 0 atom stereocenters. The molecule has 3 heterocycles. The molecule has 3 rings (SSSR count). The predicted molar refractivity (Wildman–Crippen MR) is 91.6 cm³/mol. The molecule has 3 aromatic heterocycles. The van der Waals surface area contributed by atoms with Crippen LogP contribution in [0.3, 0.4) is 0 Å². The summed E-state index contributed by atoms with van der Waals surface area (Å²) in [4.78, 5) is 22.6. The first-order chi connectivity index (χ1) is 11.7. The van der Waals surface area contributed by atoms with Gasteiger partial charge in [0.2, 0.25) is 0 Å². The SMILES string of the molecule is CCCc1nc(C(=O)N(C)Cc2cc(-c3ccccn3)no2)cs1. The predicted octanol–water partition coefficient (Wildman–Crippen LogP) is 3.42. The topological polar surface area (TPSA) is 72.1 Å². The highest BCUT2D eigenvalue weighted by Crippen LogP contribution is 2.18. The molecule has 0 saturated heterocycles. The molecule has 0 N–H and O–H groups in total. The summed E-state index contributed by atoms with van der Waals surface area (Å²) in [6.07, 6.45) is 3.62. The van der Waals surface area contributed by atoms with Crippen LogP contribution < -0.4 is 0 Å². The van der Waals surface area contributed by atoms with E-state index in [0.717, 1.165) is 23.5 Å². The maximum atomic E-state index is 12.4. The summed E-state index contributed by atoms with van der Waals surface area (Å²) >= 11 is 1.52. The zero-order valence-corrected chi connectivity index (χ0v) is 14.4. The number of rotatable bonds is 6. The summed E-state index contributed by atoms with van der Waals surface area (Å²) < 4.78 is 5.32. The Morgan fingerprint density at radius 3 is 2.96 bits per heavy atom. The number of hydrogen-bond acceptors (Lipinski definition) is 6. The van der Waals surface area contributed by atoms with Crippen molar-refractivity contribution >= 4 is 17.2 Å². The van der Waals surface area contributed by atoms with Crippen molar-refractivity contribution in [2.75, 3.05) is 7.05 Å². The Labute approximate surface area is 144 Å². The van der Waals surface area contributed by atoms with E-state index in [9.17, 15) is 4.79 Å². The number of carbonyl (C=O) groups is 1. The summed E-state index contributed by atoms with van der Waals surface area (Å²) in [7, 11) is 1.73. The molecule has 0 aromatic carbocycles. The van der Waals surface area contributed by atoms with Gasteiger partial charge in [0.25, 0.3) is 5.91 Å². The van der Waals surface area contributed by atoms with Crippen LogP contribution in [0.5, 0.6) is 0 Å². The van der Waals surface area contributed by atoms with Gasteiger partial charge in [-0.1, -0.05) is 18.1 Å². The molecule has 0 spiro atoms. The zero-order chi connectivity index (χ0) is 16.9. The summed E-state index contributed by atoms with van der Waals surface area (Å²) in [5.41, 5.74) is 1.88. The van der Waals surface area contributed by atoms with Crippen LogP contribution in [-0.4, -0.2) is 33.0 Å². The Kier molecular flexibility index (Phi) is 5.00. The van der Waals surface area contributed by atoms with Crippen LogP contribution in [0.4, 0.5) is 0 Å². The van der Waals surface area contributed by atoms with Crippen LogP contribution in [-0.2, 0) is 13.0 Å². The summed E-state index contributed by atoms with van der Waals surface area (Å²) in [5.74, 6) is 0.486. The Morgan fingerprint density at radius 1 is 1.33 bits per heavy atom. The number of amides is 1. The van der Waals surface area contributed by atoms with E-state index in [-0.39, 0.29) is 5.91 Å². The number of carbonyl (C=O) groups excluding carboxylic acids is 1. The Morgan fingerprint density at radius 2 is 2.21 bits per heavy atom. The van der Waals surface area contributed by atoms with Crippen molar-refractivity contribution < 1.29 is 9.32 Å². The first-order valence-corrected chi connectivity index (χ1v) is 8.62. The van der Waals surface area contributed by atoms with Crippen LogP contribution in [0.25, 0.3) is 11.4 Å². The third kappa shape index (κ3) is 3.68. The lowest BCUT2D eigenvalue weighted by Crippen LogP contribution is -2.26. The molecule has 3 aromatic rings. The molecule has 7 heteroatoms. The normalized spacial score (nSPS) is 10.8. The number of nitrogens with zero attached hydrogens (tertiary/aromatic N) is 4. The molecule has 0 saturated carbocycles. The van der Waals surface area contributed by atoms with Crippen molar-refractivity contribution in [2.24, 2.45) is 0 Å². The highest BCUT2D eigenvalue weighted by Gasteiger charge is 2.18. The Bertz CT molecular complexity index is 813. The van der Waals surface area contributed by atoms with Crippen molar-refractivity contribution in [3.8, 4) is 11.4 Å². The third-order valence-electron chi connectivity index (χ3n) is 3.46.